The minimum Gasteiger partial charge on any atom is -0.493 e. The molecule has 1 aromatic rings. The van der Waals surface area contributed by atoms with E-state index >= 15 is 0 Å². The Kier molecular flexibility index (Phi) is 7.07. The molecule has 1 aromatic carbocycles. The first-order valence-corrected chi connectivity index (χ1v) is 11.7. The van der Waals surface area contributed by atoms with Crippen molar-refractivity contribution < 1.29 is 28.6 Å². The molecule has 1 aliphatic carbocycles. The number of carbonyl (C=O) groups is 3. The number of carbonyl (C=O) groups excluding carboxylic acids is 3. The van der Waals surface area contributed by atoms with E-state index < -0.39 is 17.5 Å². The molecule has 2 heterocycles. The van der Waals surface area contributed by atoms with Gasteiger partial charge in [0, 0.05) is 13.2 Å². The van der Waals surface area contributed by atoms with Crippen molar-refractivity contribution >= 4 is 17.8 Å². The Hall–Kier alpha value is -2.81. The predicted octanol–water partition coefficient (Wildman–Crippen LogP) is 2.37. The van der Waals surface area contributed by atoms with E-state index in [1.807, 2.05) is 13.0 Å². The van der Waals surface area contributed by atoms with Crippen molar-refractivity contribution in [2.45, 2.75) is 63.6 Å². The van der Waals surface area contributed by atoms with Crippen molar-refractivity contribution in [3.8, 4) is 11.5 Å². The first kappa shape index (κ1) is 23.4. The predicted molar refractivity (Wildman–Crippen MR) is 120 cm³/mol. The molecule has 33 heavy (non-hydrogen) atoms. The largest absolute Gasteiger partial charge is 0.493 e. The van der Waals surface area contributed by atoms with Gasteiger partial charge < -0.3 is 24.8 Å². The Morgan fingerprint density at radius 3 is 2.82 bits per heavy atom. The number of hydrogen-bond acceptors (Lipinski definition) is 6. The molecule has 4 amide bonds. The average Bonchev–Trinajstić information content (AvgIpc) is 3.41. The maximum atomic E-state index is 13.0. The molecule has 2 aliphatic heterocycles. The summed E-state index contributed by atoms with van der Waals surface area (Å²) in [6.45, 7) is 3.18. The lowest BCUT2D eigenvalue weighted by atomic mass is 9.73. The molecular weight excluding hydrogens is 426 g/mol. The highest BCUT2D eigenvalue weighted by molar-refractivity contribution is 6.09. The number of urea groups is 1. The minimum absolute atomic E-state index is 0.0594. The fourth-order valence-electron chi connectivity index (χ4n) is 4.94. The van der Waals surface area contributed by atoms with Crippen LogP contribution in [0.4, 0.5) is 4.79 Å². The van der Waals surface area contributed by atoms with Crippen LogP contribution in [0.1, 0.15) is 51.0 Å². The molecule has 4 rings (SSSR count). The Balaban J connectivity index is 1.31. The van der Waals surface area contributed by atoms with Crippen molar-refractivity contribution in [1.29, 1.82) is 0 Å². The molecule has 2 saturated heterocycles. The topological polar surface area (TPSA) is 106 Å². The molecule has 3 fully saturated rings. The van der Waals surface area contributed by atoms with Gasteiger partial charge in [-0.15, -0.1) is 0 Å². The van der Waals surface area contributed by atoms with Crippen LogP contribution in [0.5, 0.6) is 11.5 Å². The molecule has 0 radical (unpaired) electrons. The zero-order chi connectivity index (χ0) is 23.4. The summed E-state index contributed by atoms with van der Waals surface area (Å²) in [7, 11) is 1.57. The number of methoxy groups -OCH3 is 1. The van der Waals surface area contributed by atoms with Crippen LogP contribution in [0.15, 0.2) is 18.2 Å². The standard InChI is InChI=1S/C24H33N3O6/c1-16-6-3-4-10-24(16)22(29)27(23(30)26-24)14-21(28)25-13-17-8-9-19(20(12-17)31-2)33-15-18-7-5-11-32-18/h8-9,12,16,18H,3-7,10-11,13-15H2,1-2H3,(H,25,28)(H,26,30). The van der Waals surface area contributed by atoms with Gasteiger partial charge in [-0.25, -0.2) is 4.79 Å². The van der Waals surface area contributed by atoms with Crippen LogP contribution in [-0.4, -0.2) is 61.3 Å². The van der Waals surface area contributed by atoms with Gasteiger partial charge in [0.1, 0.15) is 18.7 Å². The van der Waals surface area contributed by atoms with Gasteiger partial charge in [0.25, 0.3) is 5.91 Å². The van der Waals surface area contributed by atoms with Crippen LogP contribution in [-0.2, 0) is 20.9 Å². The number of nitrogens with zero attached hydrogens (tertiary/aromatic N) is 1. The van der Waals surface area contributed by atoms with E-state index in [-0.39, 0.29) is 31.0 Å². The maximum Gasteiger partial charge on any atom is 0.325 e. The quantitative estimate of drug-likeness (QED) is 0.578. The summed E-state index contributed by atoms with van der Waals surface area (Å²) in [5.74, 6) is 0.571. The van der Waals surface area contributed by atoms with Gasteiger partial charge in [0.2, 0.25) is 5.91 Å². The number of ether oxygens (including phenoxy) is 3. The van der Waals surface area contributed by atoms with Gasteiger partial charge in [-0.1, -0.05) is 25.8 Å². The minimum atomic E-state index is -0.859. The molecule has 9 heteroatoms. The highest BCUT2D eigenvalue weighted by Gasteiger charge is 2.55. The van der Waals surface area contributed by atoms with E-state index in [1.165, 1.54) is 0 Å². The molecule has 2 N–H and O–H groups in total. The summed E-state index contributed by atoms with van der Waals surface area (Å²) >= 11 is 0. The van der Waals surface area contributed by atoms with Crippen LogP contribution in [0.25, 0.3) is 0 Å². The first-order valence-electron chi connectivity index (χ1n) is 11.7. The van der Waals surface area contributed by atoms with Gasteiger partial charge in [-0.3, -0.25) is 14.5 Å². The van der Waals surface area contributed by atoms with E-state index in [0.717, 1.165) is 49.2 Å². The molecule has 0 aromatic heterocycles. The normalized spacial score (nSPS) is 27.0. The highest BCUT2D eigenvalue weighted by Crippen LogP contribution is 2.38. The average molecular weight is 460 g/mol. The number of nitrogens with one attached hydrogen (secondary N) is 2. The lowest BCUT2D eigenvalue weighted by Crippen LogP contribution is -2.54. The van der Waals surface area contributed by atoms with Crippen LogP contribution in [0.2, 0.25) is 0 Å². The van der Waals surface area contributed by atoms with E-state index in [1.54, 1.807) is 19.2 Å². The molecule has 0 bridgehead atoms. The van der Waals surface area contributed by atoms with Crippen molar-refractivity contribution in [3.63, 3.8) is 0 Å². The van der Waals surface area contributed by atoms with Crippen molar-refractivity contribution in [3.05, 3.63) is 23.8 Å². The molecule has 3 aliphatic rings. The van der Waals surface area contributed by atoms with Crippen LogP contribution < -0.4 is 20.1 Å². The van der Waals surface area contributed by atoms with Crippen molar-refractivity contribution in [2.24, 2.45) is 5.92 Å². The Bertz CT molecular complexity index is 900. The lowest BCUT2D eigenvalue weighted by molar-refractivity contribution is -0.137. The summed E-state index contributed by atoms with van der Waals surface area (Å²) in [5, 5.41) is 5.66. The Morgan fingerprint density at radius 2 is 2.09 bits per heavy atom. The maximum absolute atomic E-state index is 13.0. The number of benzene rings is 1. The third kappa shape index (κ3) is 4.93. The fourth-order valence-corrected chi connectivity index (χ4v) is 4.94. The van der Waals surface area contributed by atoms with Gasteiger partial charge >= 0.3 is 6.03 Å². The molecule has 1 spiro atoms. The highest BCUT2D eigenvalue weighted by atomic mass is 16.5. The fraction of sp³-hybridized carbons (Fsp3) is 0.625. The van der Waals surface area contributed by atoms with Crippen LogP contribution in [0, 0.1) is 5.92 Å². The van der Waals surface area contributed by atoms with E-state index in [0.29, 0.717) is 24.5 Å². The van der Waals surface area contributed by atoms with Crippen LogP contribution >= 0.6 is 0 Å². The van der Waals surface area contributed by atoms with Gasteiger partial charge in [-0.05, 0) is 49.3 Å². The van der Waals surface area contributed by atoms with Crippen molar-refractivity contribution in [1.82, 2.24) is 15.5 Å². The third-order valence-corrected chi connectivity index (χ3v) is 6.97. The SMILES string of the molecule is COc1cc(CNC(=O)CN2C(=O)NC3(CCCCC3C)C2=O)ccc1OCC1CCCO1. The molecule has 3 unspecified atom stereocenters. The van der Waals surface area contributed by atoms with E-state index in [2.05, 4.69) is 10.6 Å². The third-order valence-electron chi connectivity index (χ3n) is 6.97. The second-order valence-electron chi connectivity index (χ2n) is 9.15. The molecular formula is C24H33N3O6. The summed E-state index contributed by atoms with van der Waals surface area (Å²) < 4.78 is 16.9. The van der Waals surface area contributed by atoms with Crippen LogP contribution in [0.3, 0.4) is 0 Å². The summed E-state index contributed by atoms with van der Waals surface area (Å²) in [6, 6.07) is 4.97. The first-order chi connectivity index (χ1) is 15.9. The summed E-state index contributed by atoms with van der Waals surface area (Å²) in [6.07, 6.45) is 5.60. The number of amides is 4. The van der Waals surface area contributed by atoms with Gasteiger partial charge in [-0.2, -0.15) is 0 Å². The zero-order valence-electron chi connectivity index (χ0n) is 19.4. The van der Waals surface area contributed by atoms with Gasteiger partial charge in [0.05, 0.1) is 13.2 Å². The number of imide groups is 1. The Morgan fingerprint density at radius 1 is 1.24 bits per heavy atom. The van der Waals surface area contributed by atoms with E-state index in [4.69, 9.17) is 14.2 Å². The second-order valence-corrected chi connectivity index (χ2v) is 9.15. The molecule has 180 valence electrons. The number of rotatable bonds is 8. The molecule has 9 nitrogen and oxygen atoms in total. The lowest BCUT2D eigenvalue weighted by Gasteiger charge is -2.36. The second kappa shape index (κ2) is 9.99. The van der Waals surface area contributed by atoms with Crippen molar-refractivity contribution in [2.75, 3.05) is 26.9 Å². The Labute approximate surface area is 194 Å². The smallest absolute Gasteiger partial charge is 0.325 e. The molecule has 3 atom stereocenters. The van der Waals surface area contributed by atoms with Gasteiger partial charge in [0.15, 0.2) is 11.5 Å². The summed E-state index contributed by atoms with van der Waals surface area (Å²) in [4.78, 5) is 39.1. The number of hydrogen-bond donors (Lipinski definition) is 2. The van der Waals surface area contributed by atoms with E-state index in [9.17, 15) is 14.4 Å². The summed E-state index contributed by atoms with van der Waals surface area (Å²) in [5.41, 5.74) is -0.0400. The zero-order valence-corrected chi connectivity index (χ0v) is 19.4. The monoisotopic (exact) mass is 459 g/mol. The molecule has 1 saturated carbocycles.